The molecule has 1 aliphatic heterocycles. The Morgan fingerprint density at radius 3 is 2.56 bits per heavy atom. The van der Waals surface area contributed by atoms with Gasteiger partial charge in [0.15, 0.2) is 0 Å². The van der Waals surface area contributed by atoms with E-state index in [0.29, 0.717) is 25.7 Å². The summed E-state index contributed by atoms with van der Waals surface area (Å²) in [7, 11) is 0. The van der Waals surface area contributed by atoms with Crippen molar-refractivity contribution in [2.24, 2.45) is 5.92 Å². The number of hydrogen-bond acceptors (Lipinski definition) is 3. The second-order valence-corrected chi connectivity index (χ2v) is 5.18. The Morgan fingerprint density at radius 1 is 1.22 bits per heavy atom. The Labute approximate surface area is 107 Å². The Morgan fingerprint density at radius 2 is 1.94 bits per heavy atom. The molecule has 1 aliphatic carbocycles. The van der Waals surface area contributed by atoms with Gasteiger partial charge in [0.2, 0.25) is 0 Å². The Hall–Kier alpha value is -1.30. The van der Waals surface area contributed by atoms with Crippen molar-refractivity contribution < 1.29 is 14.7 Å². The first kappa shape index (κ1) is 13.1. The molecule has 6 heteroatoms. The lowest BCUT2D eigenvalue weighted by atomic mass is 9.97. The van der Waals surface area contributed by atoms with Crippen molar-refractivity contribution in [2.75, 3.05) is 26.2 Å². The molecule has 1 heterocycles. The number of carboxylic acids is 1. The molecule has 0 aromatic heterocycles. The number of aliphatic carboxylic acids is 1. The largest absolute Gasteiger partial charge is 0.481 e. The van der Waals surface area contributed by atoms with Crippen LogP contribution in [0.5, 0.6) is 0 Å². The van der Waals surface area contributed by atoms with Crippen LogP contribution >= 0.6 is 0 Å². The molecule has 1 saturated heterocycles. The number of urea groups is 1. The average molecular weight is 255 g/mol. The first-order chi connectivity index (χ1) is 8.65. The zero-order valence-electron chi connectivity index (χ0n) is 10.5. The summed E-state index contributed by atoms with van der Waals surface area (Å²) in [5.41, 5.74) is 0. The number of nitrogens with zero attached hydrogens (tertiary/aromatic N) is 1. The standard InChI is InChI=1S/C12H21N3O3/c16-11(17)6-9-7-15(8-9)12(18)14-5-1-4-13-10-2-3-10/h9-10,13H,1-8H2,(H,14,18)(H,16,17). The summed E-state index contributed by atoms with van der Waals surface area (Å²) in [5.74, 6) is -0.656. The minimum atomic E-state index is -0.786. The highest BCUT2D eigenvalue weighted by atomic mass is 16.4. The maximum Gasteiger partial charge on any atom is 0.317 e. The van der Waals surface area contributed by atoms with E-state index in [2.05, 4.69) is 10.6 Å². The fourth-order valence-electron chi connectivity index (χ4n) is 2.10. The van der Waals surface area contributed by atoms with Crippen molar-refractivity contribution in [2.45, 2.75) is 31.7 Å². The normalized spacial score (nSPS) is 19.4. The van der Waals surface area contributed by atoms with Gasteiger partial charge >= 0.3 is 12.0 Å². The monoisotopic (exact) mass is 255 g/mol. The summed E-state index contributed by atoms with van der Waals surface area (Å²) < 4.78 is 0. The highest BCUT2D eigenvalue weighted by Gasteiger charge is 2.31. The van der Waals surface area contributed by atoms with Crippen molar-refractivity contribution >= 4 is 12.0 Å². The quantitative estimate of drug-likeness (QED) is 0.569. The zero-order valence-corrected chi connectivity index (χ0v) is 10.5. The molecule has 102 valence electrons. The van der Waals surface area contributed by atoms with Crippen LogP contribution in [-0.4, -0.2) is 54.2 Å². The topological polar surface area (TPSA) is 81.7 Å². The van der Waals surface area contributed by atoms with Gasteiger partial charge in [0.05, 0.1) is 6.42 Å². The van der Waals surface area contributed by atoms with E-state index in [4.69, 9.17) is 5.11 Å². The molecule has 2 rings (SSSR count). The number of carbonyl (C=O) groups is 2. The van der Waals surface area contributed by atoms with Crippen LogP contribution < -0.4 is 10.6 Å². The van der Waals surface area contributed by atoms with Gasteiger partial charge in [-0.3, -0.25) is 4.79 Å². The van der Waals surface area contributed by atoms with Gasteiger partial charge in [-0.05, 0) is 25.8 Å². The first-order valence-corrected chi connectivity index (χ1v) is 6.63. The average Bonchev–Trinajstić information content (AvgIpc) is 3.05. The molecule has 0 spiro atoms. The van der Waals surface area contributed by atoms with Crippen LogP contribution in [0.25, 0.3) is 0 Å². The highest BCUT2D eigenvalue weighted by Crippen LogP contribution is 2.19. The van der Waals surface area contributed by atoms with Crippen molar-refractivity contribution in [1.29, 1.82) is 0 Å². The Balaban J connectivity index is 1.46. The van der Waals surface area contributed by atoms with Gasteiger partial charge in [0.1, 0.15) is 0 Å². The van der Waals surface area contributed by atoms with E-state index < -0.39 is 5.97 Å². The number of hydrogen-bond donors (Lipinski definition) is 3. The summed E-state index contributed by atoms with van der Waals surface area (Å²) in [4.78, 5) is 23.7. The molecule has 18 heavy (non-hydrogen) atoms. The Bertz CT molecular complexity index is 312. The van der Waals surface area contributed by atoms with Crippen LogP contribution in [0.15, 0.2) is 0 Å². The lowest BCUT2D eigenvalue weighted by Crippen LogP contribution is -2.54. The first-order valence-electron chi connectivity index (χ1n) is 6.63. The molecule has 0 aromatic rings. The molecule has 2 amide bonds. The second-order valence-electron chi connectivity index (χ2n) is 5.18. The predicted molar refractivity (Wildman–Crippen MR) is 66.4 cm³/mol. The lowest BCUT2D eigenvalue weighted by molar-refractivity contribution is -0.139. The maximum absolute atomic E-state index is 11.6. The van der Waals surface area contributed by atoms with E-state index in [1.165, 1.54) is 12.8 Å². The number of rotatable bonds is 7. The van der Waals surface area contributed by atoms with Crippen molar-refractivity contribution in [3.05, 3.63) is 0 Å². The zero-order chi connectivity index (χ0) is 13.0. The van der Waals surface area contributed by atoms with Gasteiger partial charge in [-0.25, -0.2) is 4.79 Å². The molecule has 3 N–H and O–H groups in total. The van der Waals surface area contributed by atoms with Crippen molar-refractivity contribution in [3.8, 4) is 0 Å². The fraction of sp³-hybridized carbons (Fsp3) is 0.833. The summed E-state index contributed by atoms with van der Waals surface area (Å²) >= 11 is 0. The van der Waals surface area contributed by atoms with E-state index in [0.717, 1.165) is 13.0 Å². The third kappa shape index (κ3) is 4.18. The van der Waals surface area contributed by atoms with E-state index >= 15 is 0 Å². The second kappa shape index (κ2) is 6.04. The van der Waals surface area contributed by atoms with Gasteiger partial charge in [-0.2, -0.15) is 0 Å². The molecule has 6 nitrogen and oxygen atoms in total. The van der Waals surface area contributed by atoms with Crippen LogP contribution in [0.1, 0.15) is 25.7 Å². The van der Waals surface area contributed by atoms with Gasteiger partial charge in [0, 0.05) is 31.6 Å². The summed E-state index contributed by atoms with van der Waals surface area (Å²) in [6.45, 7) is 2.77. The number of nitrogens with one attached hydrogen (secondary N) is 2. The highest BCUT2D eigenvalue weighted by molar-refractivity contribution is 5.75. The summed E-state index contributed by atoms with van der Waals surface area (Å²) in [6.07, 6.45) is 3.67. The molecule has 0 unspecified atom stereocenters. The number of likely N-dealkylation sites (tertiary alicyclic amines) is 1. The molecule has 1 saturated carbocycles. The van der Waals surface area contributed by atoms with E-state index in [1.54, 1.807) is 4.90 Å². The van der Waals surface area contributed by atoms with Crippen LogP contribution in [0, 0.1) is 5.92 Å². The van der Waals surface area contributed by atoms with E-state index in [1.807, 2.05) is 0 Å². The SMILES string of the molecule is O=C(O)CC1CN(C(=O)NCCCNC2CC2)C1. The molecule has 0 aromatic carbocycles. The van der Waals surface area contributed by atoms with Crippen molar-refractivity contribution in [3.63, 3.8) is 0 Å². The maximum atomic E-state index is 11.6. The molecule has 0 bridgehead atoms. The number of amides is 2. The number of carbonyl (C=O) groups excluding carboxylic acids is 1. The van der Waals surface area contributed by atoms with Crippen LogP contribution in [-0.2, 0) is 4.79 Å². The molecule has 0 radical (unpaired) electrons. The number of carboxylic acid groups (broad SMARTS) is 1. The minimum Gasteiger partial charge on any atom is -0.481 e. The predicted octanol–water partition coefficient (Wildman–Crippen LogP) is 0.245. The van der Waals surface area contributed by atoms with E-state index in [-0.39, 0.29) is 18.4 Å². The molecule has 2 fully saturated rings. The van der Waals surface area contributed by atoms with Gasteiger partial charge in [0.25, 0.3) is 0 Å². The summed E-state index contributed by atoms with van der Waals surface area (Å²) in [6, 6.07) is 0.649. The fourth-order valence-corrected chi connectivity index (χ4v) is 2.10. The van der Waals surface area contributed by atoms with Crippen LogP contribution in [0.3, 0.4) is 0 Å². The van der Waals surface area contributed by atoms with Crippen LogP contribution in [0.2, 0.25) is 0 Å². The van der Waals surface area contributed by atoms with E-state index in [9.17, 15) is 9.59 Å². The minimum absolute atomic E-state index is 0.0666. The van der Waals surface area contributed by atoms with Gasteiger partial charge < -0.3 is 20.6 Å². The third-order valence-corrected chi connectivity index (χ3v) is 3.35. The molecule has 0 atom stereocenters. The van der Waals surface area contributed by atoms with Crippen LogP contribution in [0.4, 0.5) is 4.79 Å². The Kier molecular flexibility index (Phi) is 4.41. The molecular formula is C12H21N3O3. The smallest absolute Gasteiger partial charge is 0.317 e. The third-order valence-electron chi connectivity index (χ3n) is 3.35. The summed E-state index contributed by atoms with van der Waals surface area (Å²) in [5, 5.41) is 14.8. The van der Waals surface area contributed by atoms with Crippen molar-refractivity contribution in [1.82, 2.24) is 15.5 Å². The van der Waals surface area contributed by atoms with Gasteiger partial charge in [-0.1, -0.05) is 0 Å². The van der Waals surface area contributed by atoms with Gasteiger partial charge in [-0.15, -0.1) is 0 Å². The lowest BCUT2D eigenvalue weighted by Gasteiger charge is -2.38. The molecule has 2 aliphatic rings. The molecular weight excluding hydrogens is 234 g/mol.